The van der Waals surface area contributed by atoms with E-state index in [0.717, 1.165) is 54.4 Å². The van der Waals surface area contributed by atoms with Gasteiger partial charge < -0.3 is 58.3 Å². The number of nitrogen functional groups attached to an aromatic ring is 2. The van der Waals surface area contributed by atoms with Gasteiger partial charge in [-0.15, -0.1) is 5.10 Å². The number of hydrogen-bond donors (Lipinski definition) is 13. The van der Waals surface area contributed by atoms with Crippen LogP contribution in [0.4, 0.5) is 11.6 Å². The van der Waals surface area contributed by atoms with Gasteiger partial charge in [-0.3, -0.25) is 20.3 Å². The zero-order valence-corrected chi connectivity index (χ0v) is 35.2. The van der Waals surface area contributed by atoms with E-state index in [2.05, 4.69) is 70.8 Å². The van der Waals surface area contributed by atoms with Crippen LogP contribution in [0, 0.1) is 5.41 Å². The highest BCUT2D eigenvalue weighted by atomic mass is 35.5. The zero-order chi connectivity index (χ0) is 45.0. The molecule has 0 aliphatic heterocycles. The lowest BCUT2D eigenvalue weighted by Gasteiger charge is -2.31. The van der Waals surface area contributed by atoms with Crippen molar-refractivity contribution in [2.24, 2.45) is 5.73 Å². The van der Waals surface area contributed by atoms with Gasteiger partial charge in [0.05, 0.1) is 18.8 Å². The summed E-state index contributed by atoms with van der Waals surface area (Å²) in [7, 11) is 0. The maximum absolute atomic E-state index is 13.9. The molecule has 0 radical (unpaired) electrons. The smallest absolute Gasteiger partial charge is 0.280 e. The molecule has 338 valence electrons. The van der Waals surface area contributed by atoms with Crippen molar-refractivity contribution < 1.29 is 35.1 Å². The summed E-state index contributed by atoms with van der Waals surface area (Å²) < 4.78 is 0. The molecule has 5 atom stereocenters. The Morgan fingerprint density at radius 2 is 1.50 bits per heavy atom. The number of aliphatic hydroxyl groups is 5. The molecule has 2 heterocycles. The maximum Gasteiger partial charge on any atom is 0.280 e. The molecule has 0 aliphatic carbocycles. The molecule has 0 saturated carbocycles. The van der Waals surface area contributed by atoms with Crippen LogP contribution >= 0.6 is 11.6 Å². The molecule has 2 aromatic carbocycles. The van der Waals surface area contributed by atoms with Gasteiger partial charge in [0.2, 0.25) is 5.91 Å². The highest BCUT2D eigenvalue weighted by molar-refractivity contribution is 6.31. The number of tetrazole rings is 1. The van der Waals surface area contributed by atoms with Crippen LogP contribution in [-0.2, 0) is 17.6 Å². The third-order valence-electron chi connectivity index (χ3n) is 10.2. The van der Waals surface area contributed by atoms with Crippen LogP contribution in [0.2, 0.25) is 5.15 Å². The number of aromatic amines is 1. The molecule has 2 aromatic heterocycles. The largest absolute Gasteiger partial charge is 0.394 e. The summed E-state index contributed by atoms with van der Waals surface area (Å²) in [5, 5.41) is 79.3. The number of unbranched alkanes of at least 4 members (excludes halogenated alkanes) is 2. The number of benzene rings is 2. The van der Waals surface area contributed by atoms with Crippen molar-refractivity contribution in [2.45, 2.75) is 88.2 Å². The number of amides is 2. The molecule has 4 aromatic rings. The van der Waals surface area contributed by atoms with Gasteiger partial charge in [-0.25, -0.2) is 15.1 Å². The van der Waals surface area contributed by atoms with Crippen LogP contribution in [0.25, 0.3) is 11.1 Å². The van der Waals surface area contributed by atoms with E-state index >= 15 is 0 Å². The normalized spacial score (nSPS) is 13.8. The predicted octanol–water partition coefficient (Wildman–Crippen LogP) is -0.201. The first-order chi connectivity index (χ1) is 29.8. The minimum absolute atomic E-state index is 0.0859. The van der Waals surface area contributed by atoms with E-state index in [4.69, 9.17) is 39.3 Å². The Labute approximate surface area is 364 Å². The van der Waals surface area contributed by atoms with E-state index in [9.17, 15) is 30.0 Å². The van der Waals surface area contributed by atoms with Crippen molar-refractivity contribution in [2.75, 3.05) is 50.8 Å². The molecule has 0 spiro atoms. The van der Waals surface area contributed by atoms with Crippen molar-refractivity contribution in [3.8, 4) is 11.1 Å². The average Bonchev–Trinajstić information content (AvgIpc) is 3.81. The van der Waals surface area contributed by atoms with Crippen LogP contribution in [0.15, 0.2) is 48.5 Å². The number of H-pyrrole nitrogens is 1. The Balaban J connectivity index is 1.25. The van der Waals surface area contributed by atoms with E-state index < -0.39 is 43.0 Å². The van der Waals surface area contributed by atoms with E-state index in [1.165, 1.54) is 0 Å². The number of guanidine groups is 1. The third-order valence-corrected chi connectivity index (χ3v) is 10.4. The second kappa shape index (κ2) is 25.5. The summed E-state index contributed by atoms with van der Waals surface area (Å²) in [5.41, 5.74) is 21.0. The number of nitrogens with one attached hydrogen (secondary N) is 5. The van der Waals surface area contributed by atoms with Gasteiger partial charge in [-0.1, -0.05) is 60.1 Å². The second-order valence-electron chi connectivity index (χ2n) is 14.8. The van der Waals surface area contributed by atoms with Crippen LogP contribution in [0.3, 0.4) is 0 Å². The molecule has 0 aliphatic rings. The quantitative estimate of drug-likeness (QED) is 0.0221. The van der Waals surface area contributed by atoms with Crippen LogP contribution in [-0.4, -0.2) is 143 Å². The number of aryl methyl sites for hydroxylation is 2. The minimum atomic E-state index is -1.72. The number of hydrogen-bond acceptors (Lipinski definition) is 17. The lowest BCUT2D eigenvalue weighted by molar-refractivity contribution is -0.134. The molecular formula is C40H59ClN14O7. The highest BCUT2D eigenvalue weighted by Gasteiger charge is 2.30. The van der Waals surface area contributed by atoms with E-state index in [1.54, 1.807) is 4.90 Å². The van der Waals surface area contributed by atoms with Crippen molar-refractivity contribution in [3.05, 3.63) is 76.3 Å². The van der Waals surface area contributed by atoms with Gasteiger partial charge in [0.25, 0.3) is 5.91 Å². The molecule has 0 unspecified atom stereocenters. The summed E-state index contributed by atoms with van der Waals surface area (Å²) in [6.45, 7) is 0.825. The first kappa shape index (κ1) is 49.3. The Hall–Kier alpha value is -5.39. The number of carbonyl (C=O) groups is 2. The number of nitrogens with two attached hydrogens (primary N) is 3. The molecule has 0 bridgehead atoms. The number of rotatable bonds is 26. The van der Waals surface area contributed by atoms with E-state index in [0.29, 0.717) is 51.3 Å². The molecule has 0 saturated heterocycles. The van der Waals surface area contributed by atoms with E-state index in [-0.39, 0.29) is 47.3 Å². The highest BCUT2D eigenvalue weighted by Crippen LogP contribution is 2.26. The van der Waals surface area contributed by atoms with Gasteiger partial charge in [0, 0.05) is 26.1 Å². The number of aliphatic hydroxyl groups excluding tert-OH is 5. The number of carbonyl (C=O) groups excluding carboxylic acids is 2. The summed E-state index contributed by atoms with van der Waals surface area (Å²) >= 11 is 5.84. The second-order valence-corrected chi connectivity index (χ2v) is 15.1. The van der Waals surface area contributed by atoms with Crippen molar-refractivity contribution in [3.63, 3.8) is 0 Å². The minimum Gasteiger partial charge on any atom is -0.394 e. The molecule has 0 fully saturated rings. The number of nitrogens with zero attached hydrogens (tertiary/aromatic N) is 6. The third kappa shape index (κ3) is 15.2. The Morgan fingerprint density at radius 1 is 0.839 bits per heavy atom. The Bertz CT molecular complexity index is 1980. The number of anilines is 2. The maximum atomic E-state index is 13.9. The predicted molar refractivity (Wildman–Crippen MR) is 232 cm³/mol. The number of halogens is 1. The summed E-state index contributed by atoms with van der Waals surface area (Å²) in [5.74, 6) is -0.822. The van der Waals surface area contributed by atoms with Gasteiger partial charge in [-0.2, -0.15) is 0 Å². The van der Waals surface area contributed by atoms with Gasteiger partial charge in [-0.05, 0) is 97.1 Å². The fourth-order valence-electron chi connectivity index (χ4n) is 6.61. The molecule has 62 heavy (non-hydrogen) atoms. The van der Waals surface area contributed by atoms with Crippen LogP contribution in [0.1, 0.15) is 78.4 Å². The molecule has 16 N–H and O–H groups in total. The van der Waals surface area contributed by atoms with Gasteiger partial charge in [0.15, 0.2) is 34.3 Å². The number of aromatic nitrogens is 6. The summed E-state index contributed by atoms with van der Waals surface area (Å²) in [6.07, 6.45) is -0.607. The molecule has 21 nitrogen and oxygen atoms in total. The molecule has 22 heteroatoms. The first-order valence-electron chi connectivity index (χ1n) is 20.5. The first-order valence-corrected chi connectivity index (χ1v) is 20.9. The monoisotopic (exact) mass is 882 g/mol. The fourth-order valence-corrected chi connectivity index (χ4v) is 6.73. The molecular weight excluding hydrogens is 824 g/mol. The SMILES string of the molecule is N=C(NCCCCc1ccc(-c2ccc(CCC(=O)N(CCCNC[C@H](O)[C@@H](O)[C@H](O)[C@H](O)CO)[C@@H](CCCCN)c3nnn[nH]3)cc2)cc1)NC(=O)c1nc(Cl)c(N)nc1N. The Kier molecular flexibility index (Phi) is 20.3. The van der Waals surface area contributed by atoms with E-state index in [1.807, 2.05) is 24.3 Å². The van der Waals surface area contributed by atoms with Crippen LogP contribution < -0.4 is 33.2 Å². The Morgan fingerprint density at radius 3 is 2.13 bits per heavy atom. The molecule has 4 rings (SSSR count). The van der Waals surface area contributed by atoms with Gasteiger partial charge in [0.1, 0.15) is 18.3 Å². The van der Waals surface area contributed by atoms with Crippen molar-refractivity contribution in [1.29, 1.82) is 5.41 Å². The van der Waals surface area contributed by atoms with Crippen molar-refractivity contribution in [1.82, 2.24) is 51.4 Å². The van der Waals surface area contributed by atoms with Gasteiger partial charge >= 0.3 is 0 Å². The topological polar surface area (TPSA) is 357 Å². The zero-order valence-electron chi connectivity index (χ0n) is 34.5. The summed E-state index contributed by atoms with van der Waals surface area (Å²) in [4.78, 5) is 35.7. The lowest BCUT2D eigenvalue weighted by atomic mass is 9.99. The summed E-state index contributed by atoms with van der Waals surface area (Å²) in [6, 6.07) is 16.0. The fraction of sp³-hybridized carbons (Fsp3) is 0.500. The lowest BCUT2D eigenvalue weighted by Crippen LogP contribution is -2.49. The van der Waals surface area contributed by atoms with Crippen molar-refractivity contribution >= 4 is 41.0 Å². The average molecular weight is 883 g/mol. The molecule has 2 amide bonds. The van der Waals surface area contributed by atoms with Crippen LogP contribution in [0.5, 0.6) is 0 Å². The standard InChI is InChI=1S/C40H59ClN14O7/c41-35-37(44)49-36(43)32(48-35)39(62)50-40(45)47-20-4-2-6-24-8-13-26(14-9-24)27-15-10-25(11-16-27)12-17-31(59)55(28(7-1-3-18-42)38-51-53-54-52-38)21-5-19-46-22-29(57)33(60)34(61)30(58)23-56/h8-11,13-16,28-30,33-34,46,56-58,60-61H,1-7,12,17-23,42H2,(H4,43,44,49)(H3,45,47,50,62)(H,51,52,53,54)/t28-,29-,30+,33+,34+/m0/s1.